The Labute approximate surface area is 94.7 Å². The number of hydrogen-bond donors (Lipinski definition) is 2. The fraction of sp³-hybridized carbons (Fsp3) is 0.600. The van der Waals surface area contributed by atoms with E-state index in [2.05, 4.69) is 15.3 Å². The highest BCUT2D eigenvalue weighted by Gasteiger charge is 2.19. The second-order valence-corrected chi connectivity index (χ2v) is 4.15. The van der Waals surface area contributed by atoms with Gasteiger partial charge in [0.2, 0.25) is 0 Å². The third kappa shape index (κ3) is 4.01. The second kappa shape index (κ2) is 5.28. The number of nitrogens with zero attached hydrogens (tertiary/aromatic N) is 2. The molecule has 0 amide bonds. The van der Waals surface area contributed by atoms with Crippen molar-refractivity contribution < 1.29 is 5.11 Å². The lowest BCUT2D eigenvalue weighted by atomic mass is 10.0. The zero-order valence-corrected chi connectivity index (χ0v) is 9.75. The van der Waals surface area contributed by atoms with Crippen LogP contribution in [0.4, 0.5) is 5.82 Å². The minimum Gasteiger partial charge on any atom is -0.388 e. The molecule has 5 heteroatoms. The molecule has 0 radical (unpaired) electrons. The molecule has 0 aliphatic heterocycles. The Morgan fingerprint density at radius 2 is 2.13 bits per heavy atom. The maximum Gasteiger partial charge on any atom is 0.171 e. The van der Waals surface area contributed by atoms with Crippen LogP contribution in [0.3, 0.4) is 0 Å². The van der Waals surface area contributed by atoms with Crippen LogP contribution < -0.4 is 5.32 Å². The van der Waals surface area contributed by atoms with Crippen molar-refractivity contribution in [3.05, 3.63) is 17.5 Å². The second-order valence-electron chi connectivity index (χ2n) is 3.80. The Hall–Kier alpha value is -0.870. The molecular weight excluding hydrogens is 214 g/mol. The maximum atomic E-state index is 9.91. The normalized spacial score (nSPS) is 14.7. The first-order valence-corrected chi connectivity index (χ1v) is 5.36. The van der Waals surface area contributed by atoms with Crippen molar-refractivity contribution in [2.75, 3.05) is 11.9 Å². The van der Waals surface area contributed by atoms with Crippen molar-refractivity contribution in [3.63, 3.8) is 0 Å². The molecule has 0 fully saturated rings. The molecular formula is C10H16ClN3O. The maximum absolute atomic E-state index is 9.91. The highest BCUT2D eigenvalue weighted by atomic mass is 35.5. The van der Waals surface area contributed by atoms with Gasteiger partial charge in [-0.15, -0.1) is 0 Å². The van der Waals surface area contributed by atoms with E-state index in [0.29, 0.717) is 17.5 Å². The molecule has 15 heavy (non-hydrogen) atoms. The van der Waals surface area contributed by atoms with Gasteiger partial charge < -0.3 is 10.4 Å². The average molecular weight is 230 g/mol. The van der Waals surface area contributed by atoms with E-state index < -0.39 is 5.60 Å². The summed E-state index contributed by atoms with van der Waals surface area (Å²) in [5.41, 5.74) is -0.740. The Balaban J connectivity index is 2.53. The number of hydrogen-bond acceptors (Lipinski definition) is 4. The smallest absolute Gasteiger partial charge is 0.171 e. The van der Waals surface area contributed by atoms with Gasteiger partial charge in [0, 0.05) is 18.9 Å². The molecule has 2 N–H and O–H groups in total. The zero-order chi connectivity index (χ0) is 11.3. The predicted molar refractivity (Wildman–Crippen MR) is 61.1 cm³/mol. The lowest BCUT2D eigenvalue weighted by molar-refractivity contribution is 0.0636. The Bertz CT molecular complexity index is 317. The lowest BCUT2D eigenvalue weighted by Crippen LogP contribution is -2.33. The molecule has 0 bridgehead atoms. The van der Waals surface area contributed by atoms with Crippen molar-refractivity contribution in [1.82, 2.24) is 9.97 Å². The van der Waals surface area contributed by atoms with E-state index in [9.17, 15) is 5.11 Å². The van der Waals surface area contributed by atoms with Crippen LogP contribution in [0.2, 0.25) is 5.15 Å². The first-order chi connectivity index (χ1) is 7.05. The molecule has 0 aliphatic carbocycles. The number of nitrogens with one attached hydrogen (secondary N) is 1. The van der Waals surface area contributed by atoms with Crippen LogP contribution in [-0.4, -0.2) is 27.2 Å². The average Bonchev–Trinajstić information content (AvgIpc) is 2.16. The van der Waals surface area contributed by atoms with Crippen molar-refractivity contribution in [1.29, 1.82) is 0 Å². The summed E-state index contributed by atoms with van der Waals surface area (Å²) in [7, 11) is 0. The summed E-state index contributed by atoms with van der Waals surface area (Å²) in [5.74, 6) is 0.510. The van der Waals surface area contributed by atoms with E-state index >= 15 is 0 Å². The minimum atomic E-state index is -0.740. The number of halogens is 1. The SMILES string of the molecule is CCCC(C)(O)CNc1nccnc1Cl. The molecule has 1 heterocycles. The highest BCUT2D eigenvalue weighted by Crippen LogP contribution is 2.17. The van der Waals surface area contributed by atoms with Crippen LogP contribution in [0.15, 0.2) is 12.4 Å². The van der Waals surface area contributed by atoms with Crippen molar-refractivity contribution in [2.45, 2.75) is 32.3 Å². The highest BCUT2D eigenvalue weighted by molar-refractivity contribution is 6.31. The first-order valence-electron chi connectivity index (χ1n) is 4.98. The molecule has 1 atom stereocenters. The van der Waals surface area contributed by atoms with Gasteiger partial charge in [-0.1, -0.05) is 24.9 Å². The minimum absolute atomic E-state index is 0.324. The molecule has 0 aromatic carbocycles. The molecule has 1 aromatic rings. The zero-order valence-electron chi connectivity index (χ0n) is 9.00. The van der Waals surface area contributed by atoms with Gasteiger partial charge in [-0.2, -0.15) is 0 Å². The van der Waals surface area contributed by atoms with E-state index in [1.807, 2.05) is 6.92 Å². The predicted octanol–water partition coefficient (Wildman–Crippen LogP) is 2.09. The fourth-order valence-corrected chi connectivity index (χ4v) is 1.51. The van der Waals surface area contributed by atoms with Crippen LogP contribution in [0.1, 0.15) is 26.7 Å². The summed E-state index contributed by atoms with van der Waals surface area (Å²) < 4.78 is 0. The molecule has 1 aromatic heterocycles. The van der Waals surface area contributed by atoms with Crippen molar-refractivity contribution >= 4 is 17.4 Å². The number of anilines is 1. The Morgan fingerprint density at radius 3 is 2.73 bits per heavy atom. The van der Waals surface area contributed by atoms with E-state index in [4.69, 9.17) is 11.6 Å². The summed E-state index contributed by atoms with van der Waals surface area (Å²) in [4.78, 5) is 7.91. The molecule has 4 nitrogen and oxygen atoms in total. The lowest BCUT2D eigenvalue weighted by Gasteiger charge is -2.23. The van der Waals surface area contributed by atoms with Crippen molar-refractivity contribution in [2.24, 2.45) is 0 Å². The largest absolute Gasteiger partial charge is 0.388 e. The third-order valence-electron chi connectivity index (χ3n) is 2.08. The molecule has 1 rings (SSSR count). The summed E-state index contributed by atoms with van der Waals surface area (Å²) in [6, 6.07) is 0. The van der Waals surface area contributed by atoms with Gasteiger partial charge in [0.1, 0.15) is 0 Å². The van der Waals surface area contributed by atoms with Gasteiger partial charge in [0.25, 0.3) is 0 Å². The van der Waals surface area contributed by atoms with Gasteiger partial charge in [-0.05, 0) is 13.3 Å². The van der Waals surface area contributed by atoms with Crippen molar-refractivity contribution in [3.8, 4) is 0 Å². The van der Waals surface area contributed by atoms with Crippen LogP contribution in [0.25, 0.3) is 0 Å². The van der Waals surface area contributed by atoms with E-state index in [1.165, 1.54) is 6.20 Å². The molecule has 0 aliphatic rings. The molecule has 0 spiro atoms. The van der Waals surface area contributed by atoms with Gasteiger partial charge in [-0.3, -0.25) is 0 Å². The molecule has 0 saturated carbocycles. The molecule has 0 saturated heterocycles. The summed E-state index contributed by atoms with van der Waals surface area (Å²) >= 11 is 5.81. The fourth-order valence-electron chi connectivity index (χ4n) is 1.34. The van der Waals surface area contributed by atoms with E-state index in [0.717, 1.165) is 12.8 Å². The van der Waals surface area contributed by atoms with E-state index in [-0.39, 0.29) is 0 Å². The summed E-state index contributed by atoms with van der Waals surface area (Å²) in [6.07, 6.45) is 4.75. The monoisotopic (exact) mass is 229 g/mol. The summed E-state index contributed by atoms with van der Waals surface area (Å²) in [5, 5.41) is 13.2. The first kappa shape index (κ1) is 12.2. The molecule has 84 valence electrons. The van der Waals surface area contributed by atoms with Gasteiger partial charge >= 0.3 is 0 Å². The van der Waals surface area contributed by atoms with Gasteiger partial charge in [-0.25, -0.2) is 9.97 Å². The van der Waals surface area contributed by atoms with Crippen LogP contribution in [-0.2, 0) is 0 Å². The standard InChI is InChI=1S/C10H16ClN3O/c1-3-4-10(2,15)7-14-9-8(11)12-5-6-13-9/h5-6,15H,3-4,7H2,1-2H3,(H,13,14). The molecule has 1 unspecified atom stereocenters. The van der Waals surface area contributed by atoms with Gasteiger partial charge in [0.15, 0.2) is 11.0 Å². The summed E-state index contributed by atoms with van der Waals surface area (Å²) in [6.45, 7) is 4.23. The van der Waals surface area contributed by atoms with Crippen LogP contribution in [0.5, 0.6) is 0 Å². The van der Waals surface area contributed by atoms with Crippen LogP contribution in [0, 0.1) is 0 Å². The van der Waals surface area contributed by atoms with Gasteiger partial charge in [0.05, 0.1) is 5.60 Å². The number of aliphatic hydroxyl groups is 1. The quantitative estimate of drug-likeness (QED) is 0.812. The Morgan fingerprint density at radius 1 is 1.47 bits per heavy atom. The Kier molecular flexibility index (Phi) is 4.29. The topological polar surface area (TPSA) is 58.0 Å². The number of aromatic nitrogens is 2. The third-order valence-corrected chi connectivity index (χ3v) is 2.36. The van der Waals surface area contributed by atoms with E-state index in [1.54, 1.807) is 13.1 Å². The van der Waals surface area contributed by atoms with Crippen LogP contribution >= 0.6 is 11.6 Å². The number of rotatable bonds is 5.